The van der Waals surface area contributed by atoms with Crippen molar-refractivity contribution in [3.63, 3.8) is 0 Å². The largest absolute Gasteiger partial charge is 0.474 e. The molecule has 1 aromatic rings. The molecule has 1 aliphatic rings. The van der Waals surface area contributed by atoms with E-state index in [1.807, 2.05) is 30.3 Å². The number of aliphatic imine (C=N–C) groups is 1. The molecule has 0 unspecified atom stereocenters. The molecule has 0 spiro atoms. The highest BCUT2D eigenvalue weighted by Gasteiger charge is 2.14. The van der Waals surface area contributed by atoms with Crippen LogP contribution in [0, 0.1) is 0 Å². The van der Waals surface area contributed by atoms with E-state index in [0.717, 1.165) is 12.8 Å². The van der Waals surface area contributed by atoms with Crippen molar-refractivity contribution in [1.82, 2.24) is 5.32 Å². The summed E-state index contributed by atoms with van der Waals surface area (Å²) in [6, 6.07) is 10.0. The monoisotopic (exact) mass is 232 g/mol. The van der Waals surface area contributed by atoms with Gasteiger partial charge in [-0.2, -0.15) is 0 Å². The summed E-state index contributed by atoms with van der Waals surface area (Å²) in [6.07, 6.45) is 1.71. The molecular weight excluding hydrogens is 216 g/mol. The van der Waals surface area contributed by atoms with Crippen molar-refractivity contribution in [2.45, 2.75) is 12.8 Å². The fourth-order valence-corrected chi connectivity index (χ4v) is 1.64. The summed E-state index contributed by atoms with van der Waals surface area (Å²) in [5.41, 5.74) is 1.21. The highest BCUT2D eigenvalue weighted by Crippen LogP contribution is 1.99. The van der Waals surface area contributed by atoms with Crippen LogP contribution in [0.2, 0.25) is 0 Å². The molecular formula is C13H16N2O2. The molecule has 1 aromatic carbocycles. The first-order valence-corrected chi connectivity index (χ1v) is 5.85. The number of carbonyl (C=O) groups is 1. The fourth-order valence-electron chi connectivity index (χ4n) is 1.64. The van der Waals surface area contributed by atoms with Gasteiger partial charge in [-0.05, 0) is 12.0 Å². The minimum atomic E-state index is -0.208. The molecule has 0 atom stereocenters. The summed E-state index contributed by atoms with van der Waals surface area (Å²) in [7, 11) is 0. The van der Waals surface area contributed by atoms with Gasteiger partial charge in [-0.3, -0.25) is 4.79 Å². The SMILES string of the molecule is O=C(NCCc1ccccc1)C1=NCCCO1. The molecule has 1 heterocycles. The zero-order valence-corrected chi connectivity index (χ0v) is 9.69. The molecule has 1 N–H and O–H groups in total. The van der Waals surface area contributed by atoms with Crippen LogP contribution in [0.4, 0.5) is 0 Å². The summed E-state index contributed by atoms with van der Waals surface area (Å²) < 4.78 is 5.18. The van der Waals surface area contributed by atoms with Crippen LogP contribution in [0.5, 0.6) is 0 Å². The number of benzene rings is 1. The molecule has 2 rings (SSSR count). The third-order valence-corrected chi connectivity index (χ3v) is 2.53. The Morgan fingerprint density at radius 2 is 2.18 bits per heavy atom. The number of ether oxygens (including phenoxy) is 1. The maximum absolute atomic E-state index is 11.6. The molecule has 0 radical (unpaired) electrons. The Hall–Kier alpha value is -1.84. The van der Waals surface area contributed by atoms with Gasteiger partial charge in [0.15, 0.2) is 0 Å². The lowest BCUT2D eigenvalue weighted by Crippen LogP contribution is -2.35. The molecule has 4 nitrogen and oxygen atoms in total. The average molecular weight is 232 g/mol. The van der Waals surface area contributed by atoms with Gasteiger partial charge >= 0.3 is 5.91 Å². The molecule has 90 valence electrons. The minimum Gasteiger partial charge on any atom is -0.474 e. The predicted octanol–water partition coefficient (Wildman–Crippen LogP) is 1.16. The molecule has 0 fully saturated rings. The minimum absolute atomic E-state index is 0.208. The lowest BCUT2D eigenvalue weighted by Gasteiger charge is -2.13. The molecule has 0 bridgehead atoms. The van der Waals surface area contributed by atoms with E-state index in [1.165, 1.54) is 5.56 Å². The molecule has 0 saturated heterocycles. The Balaban J connectivity index is 1.75. The maximum atomic E-state index is 11.6. The number of nitrogens with one attached hydrogen (secondary N) is 1. The van der Waals surface area contributed by atoms with E-state index in [1.54, 1.807) is 0 Å². The molecule has 17 heavy (non-hydrogen) atoms. The Labute approximate surface area is 101 Å². The second-order valence-electron chi connectivity index (χ2n) is 3.88. The molecule has 1 aliphatic heterocycles. The van der Waals surface area contributed by atoms with Gasteiger partial charge in [-0.1, -0.05) is 30.3 Å². The van der Waals surface area contributed by atoms with E-state index in [4.69, 9.17) is 4.74 Å². The fraction of sp³-hybridized carbons (Fsp3) is 0.385. The molecule has 0 saturated carbocycles. The highest BCUT2D eigenvalue weighted by molar-refractivity contribution is 6.35. The number of carbonyl (C=O) groups excluding carboxylic acids is 1. The summed E-state index contributed by atoms with van der Waals surface area (Å²) in [5, 5.41) is 2.81. The third-order valence-electron chi connectivity index (χ3n) is 2.53. The highest BCUT2D eigenvalue weighted by atomic mass is 16.5. The number of amides is 1. The van der Waals surface area contributed by atoms with E-state index in [2.05, 4.69) is 10.3 Å². The standard InChI is InChI=1S/C13H16N2O2/c16-12(13-15-8-4-10-17-13)14-9-7-11-5-2-1-3-6-11/h1-3,5-6H,4,7-10H2,(H,14,16). The Bertz CT molecular complexity index is 401. The normalized spacial score (nSPS) is 14.7. The van der Waals surface area contributed by atoms with Crippen LogP contribution in [0.15, 0.2) is 35.3 Å². The van der Waals surface area contributed by atoms with Gasteiger partial charge < -0.3 is 10.1 Å². The zero-order chi connectivity index (χ0) is 11.9. The predicted molar refractivity (Wildman–Crippen MR) is 66.0 cm³/mol. The van der Waals surface area contributed by atoms with Crippen molar-refractivity contribution in [3.8, 4) is 0 Å². The van der Waals surface area contributed by atoms with Crippen molar-refractivity contribution in [1.29, 1.82) is 0 Å². The van der Waals surface area contributed by atoms with E-state index < -0.39 is 0 Å². The Morgan fingerprint density at radius 3 is 2.88 bits per heavy atom. The van der Waals surface area contributed by atoms with Gasteiger partial charge in [0.05, 0.1) is 6.61 Å². The lowest BCUT2D eigenvalue weighted by molar-refractivity contribution is -0.116. The van der Waals surface area contributed by atoms with E-state index in [-0.39, 0.29) is 11.8 Å². The topological polar surface area (TPSA) is 50.7 Å². The van der Waals surface area contributed by atoms with Crippen molar-refractivity contribution in [2.75, 3.05) is 19.7 Å². The maximum Gasteiger partial charge on any atom is 0.306 e. The molecule has 4 heteroatoms. The Morgan fingerprint density at radius 1 is 1.35 bits per heavy atom. The van der Waals surface area contributed by atoms with Gasteiger partial charge in [0.25, 0.3) is 5.90 Å². The first kappa shape index (κ1) is 11.6. The van der Waals surface area contributed by atoms with Gasteiger partial charge in [0.1, 0.15) is 0 Å². The smallest absolute Gasteiger partial charge is 0.306 e. The summed E-state index contributed by atoms with van der Waals surface area (Å²) in [6.45, 7) is 1.87. The lowest BCUT2D eigenvalue weighted by atomic mass is 10.1. The Kier molecular flexibility index (Phi) is 4.13. The van der Waals surface area contributed by atoms with Crippen LogP contribution < -0.4 is 5.32 Å². The van der Waals surface area contributed by atoms with Crippen LogP contribution in [-0.2, 0) is 16.0 Å². The van der Waals surface area contributed by atoms with Crippen LogP contribution >= 0.6 is 0 Å². The summed E-state index contributed by atoms with van der Waals surface area (Å²) >= 11 is 0. The number of rotatable bonds is 4. The van der Waals surface area contributed by atoms with Crippen LogP contribution in [0.1, 0.15) is 12.0 Å². The van der Waals surface area contributed by atoms with Crippen LogP contribution in [-0.4, -0.2) is 31.5 Å². The summed E-state index contributed by atoms with van der Waals surface area (Å²) in [4.78, 5) is 15.7. The molecule has 1 amide bonds. The number of hydrogen-bond donors (Lipinski definition) is 1. The van der Waals surface area contributed by atoms with Crippen molar-refractivity contribution in [3.05, 3.63) is 35.9 Å². The quantitative estimate of drug-likeness (QED) is 0.847. The number of nitrogens with zero attached hydrogens (tertiary/aromatic N) is 1. The first-order chi connectivity index (χ1) is 8.36. The van der Waals surface area contributed by atoms with E-state index in [0.29, 0.717) is 19.7 Å². The van der Waals surface area contributed by atoms with Gasteiger partial charge in [-0.25, -0.2) is 4.99 Å². The first-order valence-electron chi connectivity index (χ1n) is 5.85. The average Bonchev–Trinajstić information content (AvgIpc) is 2.41. The molecule has 0 aromatic heterocycles. The van der Waals surface area contributed by atoms with Crippen LogP contribution in [0.3, 0.4) is 0 Å². The zero-order valence-electron chi connectivity index (χ0n) is 9.69. The van der Waals surface area contributed by atoms with Crippen molar-refractivity contribution >= 4 is 11.8 Å². The van der Waals surface area contributed by atoms with Crippen LogP contribution in [0.25, 0.3) is 0 Å². The molecule has 0 aliphatic carbocycles. The number of hydrogen-bond acceptors (Lipinski definition) is 3. The van der Waals surface area contributed by atoms with Gasteiger partial charge in [0, 0.05) is 19.5 Å². The van der Waals surface area contributed by atoms with E-state index in [9.17, 15) is 4.79 Å². The second-order valence-corrected chi connectivity index (χ2v) is 3.88. The summed E-state index contributed by atoms with van der Waals surface area (Å²) in [5.74, 6) is 0.0185. The van der Waals surface area contributed by atoms with Crippen molar-refractivity contribution in [2.24, 2.45) is 4.99 Å². The van der Waals surface area contributed by atoms with Gasteiger partial charge in [-0.15, -0.1) is 0 Å². The third kappa shape index (κ3) is 3.59. The van der Waals surface area contributed by atoms with Gasteiger partial charge in [0.2, 0.25) is 0 Å². The van der Waals surface area contributed by atoms with Crippen molar-refractivity contribution < 1.29 is 9.53 Å². The second kappa shape index (κ2) is 6.03. The van der Waals surface area contributed by atoms with E-state index >= 15 is 0 Å².